The van der Waals surface area contributed by atoms with E-state index in [9.17, 15) is 22.8 Å². The lowest BCUT2D eigenvalue weighted by Gasteiger charge is -2.30. The molecular formula is C20H21F3N4O4S. The molecule has 2 aromatic rings. The summed E-state index contributed by atoms with van der Waals surface area (Å²) in [6.45, 7) is 2.27. The third-order valence-electron chi connectivity index (χ3n) is 5.07. The number of fused-ring (bicyclic) bond motifs is 1. The molecule has 0 spiro atoms. The van der Waals surface area contributed by atoms with Crippen LogP contribution in [0.15, 0.2) is 30.2 Å². The van der Waals surface area contributed by atoms with E-state index in [0.717, 1.165) is 12.1 Å². The average molecular weight is 470 g/mol. The Balaban J connectivity index is 1.55. The molecule has 2 aliphatic heterocycles. The third kappa shape index (κ3) is 5.06. The fourth-order valence-corrected chi connectivity index (χ4v) is 4.38. The van der Waals surface area contributed by atoms with Crippen molar-refractivity contribution in [2.45, 2.75) is 12.6 Å². The quantitative estimate of drug-likeness (QED) is 0.726. The summed E-state index contributed by atoms with van der Waals surface area (Å²) in [4.78, 5) is 32.7. The van der Waals surface area contributed by atoms with Crippen LogP contribution in [0.3, 0.4) is 0 Å². The predicted molar refractivity (Wildman–Crippen MR) is 111 cm³/mol. The molecule has 2 amide bonds. The monoisotopic (exact) mass is 470 g/mol. The van der Waals surface area contributed by atoms with Gasteiger partial charge in [0.1, 0.15) is 19.5 Å². The molecular weight excluding hydrogens is 449 g/mol. The summed E-state index contributed by atoms with van der Waals surface area (Å²) in [6.07, 6.45) is -3.02. The Hall–Kier alpha value is -3.02. The molecule has 1 N–H and O–H groups in total. The number of nitrogens with one attached hydrogen (secondary N) is 1. The number of hydrogen-bond donors (Lipinski definition) is 1. The van der Waals surface area contributed by atoms with Crippen LogP contribution >= 0.6 is 11.3 Å². The number of aromatic nitrogens is 1. The van der Waals surface area contributed by atoms with Crippen molar-refractivity contribution in [3.8, 4) is 0 Å². The van der Waals surface area contributed by atoms with Crippen LogP contribution in [0.25, 0.3) is 10.2 Å². The number of hydrogen-bond acceptors (Lipinski definition) is 7. The van der Waals surface area contributed by atoms with Gasteiger partial charge in [-0.2, -0.15) is 13.2 Å². The van der Waals surface area contributed by atoms with Gasteiger partial charge in [0.15, 0.2) is 5.13 Å². The predicted octanol–water partition coefficient (Wildman–Crippen LogP) is 2.36. The number of carbonyl (C=O) groups excluding carboxylic acids is 2. The van der Waals surface area contributed by atoms with Gasteiger partial charge in [-0.3, -0.25) is 9.59 Å². The van der Waals surface area contributed by atoms with Crippen LogP contribution in [0.4, 0.5) is 18.3 Å². The van der Waals surface area contributed by atoms with Crippen molar-refractivity contribution in [3.63, 3.8) is 0 Å². The molecule has 4 rings (SSSR count). The zero-order valence-corrected chi connectivity index (χ0v) is 17.8. The van der Waals surface area contributed by atoms with E-state index in [4.69, 9.17) is 9.47 Å². The summed E-state index contributed by atoms with van der Waals surface area (Å²) < 4.78 is 50.2. The largest absolute Gasteiger partial charge is 0.494 e. The number of carbonyl (C=O) groups is 2. The smallest absolute Gasteiger partial charge is 0.416 e. The number of alkyl halides is 3. The SMILES string of the molecule is O=C1CCN(C(=O)C2=COCCO2)CCN(c2nc3cc(C(F)(F)F)ccc3s2)CCN1. The van der Waals surface area contributed by atoms with Crippen LogP contribution in [-0.2, 0) is 25.2 Å². The molecule has 0 radical (unpaired) electrons. The molecule has 0 unspecified atom stereocenters. The topological polar surface area (TPSA) is 84.0 Å². The Morgan fingerprint density at radius 2 is 2.00 bits per heavy atom. The van der Waals surface area contributed by atoms with E-state index in [1.165, 1.54) is 28.6 Å². The summed E-state index contributed by atoms with van der Waals surface area (Å²) in [7, 11) is 0. The maximum Gasteiger partial charge on any atom is 0.416 e. The second-order valence-electron chi connectivity index (χ2n) is 7.26. The molecule has 1 saturated heterocycles. The van der Waals surface area contributed by atoms with Crippen LogP contribution in [0.5, 0.6) is 0 Å². The van der Waals surface area contributed by atoms with Gasteiger partial charge in [0.05, 0.1) is 15.8 Å². The van der Waals surface area contributed by atoms with Crippen molar-refractivity contribution in [2.75, 3.05) is 50.8 Å². The van der Waals surface area contributed by atoms with Gasteiger partial charge >= 0.3 is 6.18 Å². The molecule has 2 aliphatic rings. The number of benzene rings is 1. The van der Waals surface area contributed by atoms with E-state index in [-0.39, 0.29) is 49.2 Å². The Bertz CT molecular complexity index is 1040. The number of rotatable bonds is 2. The molecule has 0 saturated carbocycles. The van der Waals surface area contributed by atoms with Gasteiger partial charge in [0, 0.05) is 39.1 Å². The van der Waals surface area contributed by atoms with Gasteiger partial charge in [-0.05, 0) is 18.2 Å². The van der Waals surface area contributed by atoms with Crippen molar-refractivity contribution in [1.82, 2.24) is 15.2 Å². The van der Waals surface area contributed by atoms with E-state index in [1.54, 1.807) is 0 Å². The lowest BCUT2D eigenvalue weighted by Crippen LogP contribution is -2.45. The highest BCUT2D eigenvalue weighted by Gasteiger charge is 2.31. The van der Waals surface area contributed by atoms with Crippen LogP contribution in [-0.4, -0.2) is 67.6 Å². The molecule has 0 atom stereocenters. The summed E-state index contributed by atoms with van der Waals surface area (Å²) in [5.74, 6) is -0.490. The molecule has 0 aliphatic carbocycles. The van der Waals surface area contributed by atoms with Crippen LogP contribution in [0, 0.1) is 0 Å². The first-order chi connectivity index (χ1) is 15.3. The summed E-state index contributed by atoms with van der Waals surface area (Å²) in [6, 6.07) is 3.47. The lowest BCUT2D eigenvalue weighted by molar-refractivity contribution is -0.137. The van der Waals surface area contributed by atoms with Crippen molar-refractivity contribution < 1.29 is 32.2 Å². The van der Waals surface area contributed by atoms with Crippen LogP contribution in [0.1, 0.15) is 12.0 Å². The molecule has 1 aromatic carbocycles. The van der Waals surface area contributed by atoms with Crippen LogP contribution < -0.4 is 10.2 Å². The molecule has 3 heterocycles. The number of halogens is 3. The average Bonchev–Trinajstić information content (AvgIpc) is 3.21. The van der Waals surface area contributed by atoms with Gasteiger partial charge < -0.3 is 24.6 Å². The van der Waals surface area contributed by atoms with E-state index >= 15 is 0 Å². The first-order valence-corrected chi connectivity index (χ1v) is 10.9. The van der Waals surface area contributed by atoms with Crippen molar-refractivity contribution >= 4 is 38.5 Å². The minimum Gasteiger partial charge on any atom is -0.494 e. The van der Waals surface area contributed by atoms with Crippen molar-refractivity contribution in [2.24, 2.45) is 0 Å². The first kappa shape index (κ1) is 22.2. The summed E-state index contributed by atoms with van der Waals surface area (Å²) in [5.41, 5.74) is -0.499. The molecule has 12 heteroatoms. The second-order valence-corrected chi connectivity index (χ2v) is 8.27. The summed E-state index contributed by atoms with van der Waals surface area (Å²) >= 11 is 1.26. The molecule has 1 aromatic heterocycles. The fraction of sp³-hybridized carbons (Fsp3) is 0.450. The fourth-order valence-electron chi connectivity index (χ4n) is 3.38. The Labute approximate surface area is 185 Å². The summed E-state index contributed by atoms with van der Waals surface area (Å²) in [5, 5.41) is 3.32. The number of nitrogens with zero attached hydrogens (tertiary/aromatic N) is 3. The Kier molecular flexibility index (Phi) is 6.40. The minimum atomic E-state index is -4.45. The molecule has 172 valence electrons. The number of amides is 2. The number of thiazole rings is 1. The molecule has 32 heavy (non-hydrogen) atoms. The third-order valence-corrected chi connectivity index (χ3v) is 6.17. The van der Waals surface area contributed by atoms with E-state index < -0.39 is 11.7 Å². The standard InChI is InChI=1S/C20H21F3N4O4S/c21-20(22,23)13-1-2-16-14(11-13)25-19(32-16)27-6-4-24-17(28)3-5-26(7-8-27)18(29)15-12-30-9-10-31-15/h1-2,11-12H,3-10H2,(H,24,28). The van der Waals surface area contributed by atoms with E-state index in [2.05, 4.69) is 10.3 Å². The van der Waals surface area contributed by atoms with E-state index in [0.29, 0.717) is 36.1 Å². The first-order valence-electron chi connectivity index (χ1n) is 10.0. The number of anilines is 1. The lowest BCUT2D eigenvalue weighted by atomic mass is 10.2. The van der Waals surface area contributed by atoms with Gasteiger partial charge in [0.2, 0.25) is 11.7 Å². The zero-order valence-electron chi connectivity index (χ0n) is 17.0. The Morgan fingerprint density at radius 1 is 1.16 bits per heavy atom. The molecule has 1 fully saturated rings. The minimum absolute atomic E-state index is 0.0833. The highest BCUT2D eigenvalue weighted by atomic mass is 32.1. The van der Waals surface area contributed by atoms with Gasteiger partial charge in [-0.15, -0.1) is 0 Å². The number of ether oxygens (including phenoxy) is 2. The molecule has 8 nitrogen and oxygen atoms in total. The Morgan fingerprint density at radius 3 is 2.75 bits per heavy atom. The van der Waals surface area contributed by atoms with Crippen LogP contribution in [0.2, 0.25) is 0 Å². The van der Waals surface area contributed by atoms with Crippen molar-refractivity contribution in [3.05, 3.63) is 35.8 Å². The van der Waals surface area contributed by atoms with E-state index in [1.807, 2.05) is 4.90 Å². The maximum atomic E-state index is 13.0. The normalized spacial score (nSPS) is 18.5. The molecule has 0 bridgehead atoms. The van der Waals surface area contributed by atoms with Crippen molar-refractivity contribution in [1.29, 1.82) is 0 Å². The van der Waals surface area contributed by atoms with Gasteiger partial charge in [-0.1, -0.05) is 11.3 Å². The van der Waals surface area contributed by atoms with Gasteiger partial charge in [-0.25, -0.2) is 4.98 Å². The maximum absolute atomic E-state index is 13.0. The highest BCUT2D eigenvalue weighted by Crippen LogP contribution is 2.35. The second kappa shape index (κ2) is 9.23. The highest BCUT2D eigenvalue weighted by molar-refractivity contribution is 7.22. The zero-order chi connectivity index (χ0) is 22.7. The van der Waals surface area contributed by atoms with Gasteiger partial charge in [0.25, 0.3) is 5.91 Å².